The number of aryl methyl sites for hydroxylation is 3. The molecule has 0 radical (unpaired) electrons. The molecular weight excluding hydrogens is 539 g/mol. The molecule has 40 heavy (non-hydrogen) atoms. The highest BCUT2D eigenvalue weighted by molar-refractivity contribution is 6.37. The first-order valence-corrected chi connectivity index (χ1v) is 14.1. The first-order chi connectivity index (χ1) is 19.3. The minimum absolute atomic E-state index is 0.189. The third-order valence-corrected chi connectivity index (χ3v) is 7.68. The molecule has 0 fully saturated rings. The van der Waals surface area contributed by atoms with Crippen molar-refractivity contribution in [3.05, 3.63) is 116 Å². The molecule has 1 unspecified atom stereocenters. The zero-order valence-corrected chi connectivity index (χ0v) is 24.6. The van der Waals surface area contributed by atoms with E-state index in [0.717, 1.165) is 40.0 Å². The quantitative estimate of drug-likeness (QED) is 0.183. The SMILES string of the molecule is Cc1cc(Cl)c(OCCOc2ccc(CC(CN)c3ccc(-c4cccc(C)c4CC#N)cc3C)cc2)c(Cl)c1. The van der Waals surface area contributed by atoms with E-state index in [2.05, 4.69) is 62.4 Å². The van der Waals surface area contributed by atoms with Crippen molar-refractivity contribution in [2.45, 2.75) is 39.5 Å². The van der Waals surface area contributed by atoms with Crippen molar-refractivity contribution in [1.82, 2.24) is 0 Å². The van der Waals surface area contributed by atoms with Crippen molar-refractivity contribution in [2.75, 3.05) is 19.8 Å². The minimum atomic E-state index is 0.189. The van der Waals surface area contributed by atoms with Crippen molar-refractivity contribution in [2.24, 2.45) is 5.73 Å². The normalized spacial score (nSPS) is 11.6. The minimum Gasteiger partial charge on any atom is -0.490 e. The van der Waals surface area contributed by atoms with Gasteiger partial charge in [0.1, 0.15) is 19.0 Å². The zero-order chi connectivity index (χ0) is 28.6. The van der Waals surface area contributed by atoms with Crippen molar-refractivity contribution in [1.29, 1.82) is 5.26 Å². The number of nitriles is 1. The van der Waals surface area contributed by atoms with Gasteiger partial charge in [0.15, 0.2) is 5.75 Å². The fraction of sp³-hybridized carbons (Fsp3) is 0.265. The van der Waals surface area contributed by atoms with E-state index in [1.54, 1.807) is 0 Å². The van der Waals surface area contributed by atoms with Crippen LogP contribution in [-0.2, 0) is 12.8 Å². The maximum Gasteiger partial charge on any atom is 0.156 e. The van der Waals surface area contributed by atoms with Crippen LogP contribution in [0.4, 0.5) is 0 Å². The van der Waals surface area contributed by atoms with Crippen LogP contribution in [0.2, 0.25) is 10.0 Å². The van der Waals surface area contributed by atoms with Gasteiger partial charge in [-0.3, -0.25) is 0 Å². The van der Waals surface area contributed by atoms with Gasteiger partial charge in [-0.05, 0) is 103 Å². The van der Waals surface area contributed by atoms with Crippen molar-refractivity contribution in [3.8, 4) is 28.7 Å². The van der Waals surface area contributed by atoms with E-state index in [1.165, 1.54) is 16.7 Å². The Morgan fingerprint density at radius 3 is 2.20 bits per heavy atom. The average molecular weight is 574 g/mol. The van der Waals surface area contributed by atoms with E-state index in [0.29, 0.717) is 42.0 Å². The van der Waals surface area contributed by atoms with Crippen LogP contribution >= 0.6 is 23.2 Å². The number of halogens is 2. The van der Waals surface area contributed by atoms with E-state index < -0.39 is 0 Å². The van der Waals surface area contributed by atoms with Crippen LogP contribution in [-0.4, -0.2) is 19.8 Å². The summed E-state index contributed by atoms with van der Waals surface area (Å²) in [6.45, 7) is 7.37. The van der Waals surface area contributed by atoms with Gasteiger partial charge in [-0.25, -0.2) is 0 Å². The van der Waals surface area contributed by atoms with Crippen LogP contribution < -0.4 is 15.2 Å². The van der Waals surface area contributed by atoms with E-state index in [1.807, 2.05) is 37.3 Å². The molecule has 4 aromatic carbocycles. The van der Waals surface area contributed by atoms with Gasteiger partial charge in [-0.15, -0.1) is 0 Å². The van der Waals surface area contributed by atoms with Gasteiger partial charge < -0.3 is 15.2 Å². The molecule has 0 aliphatic heterocycles. The highest BCUT2D eigenvalue weighted by Crippen LogP contribution is 2.34. The second kappa shape index (κ2) is 13.7. The summed E-state index contributed by atoms with van der Waals surface area (Å²) in [6.07, 6.45) is 1.23. The molecule has 4 aromatic rings. The summed E-state index contributed by atoms with van der Waals surface area (Å²) in [5.74, 6) is 1.43. The number of nitrogens with zero attached hydrogens (tertiary/aromatic N) is 1. The molecule has 4 nitrogen and oxygen atoms in total. The third kappa shape index (κ3) is 7.17. The van der Waals surface area contributed by atoms with Gasteiger partial charge in [0.25, 0.3) is 0 Å². The summed E-state index contributed by atoms with van der Waals surface area (Å²) >= 11 is 12.5. The fourth-order valence-corrected chi connectivity index (χ4v) is 5.75. The maximum atomic E-state index is 9.31. The molecule has 0 saturated heterocycles. The Balaban J connectivity index is 1.38. The molecule has 0 aliphatic rings. The summed E-state index contributed by atoms with van der Waals surface area (Å²) in [5.41, 5.74) is 15.3. The van der Waals surface area contributed by atoms with E-state index in [4.69, 9.17) is 38.4 Å². The van der Waals surface area contributed by atoms with E-state index in [-0.39, 0.29) is 5.92 Å². The van der Waals surface area contributed by atoms with Gasteiger partial charge in [0.05, 0.1) is 22.5 Å². The van der Waals surface area contributed by atoms with Crippen LogP contribution in [0.3, 0.4) is 0 Å². The van der Waals surface area contributed by atoms with Gasteiger partial charge >= 0.3 is 0 Å². The molecule has 6 heteroatoms. The molecule has 4 rings (SSSR count). The first kappa shape index (κ1) is 29.5. The molecule has 0 aromatic heterocycles. The number of hydrogen-bond donors (Lipinski definition) is 1. The lowest BCUT2D eigenvalue weighted by molar-refractivity contribution is 0.217. The van der Waals surface area contributed by atoms with Crippen molar-refractivity contribution < 1.29 is 9.47 Å². The molecule has 0 heterocycles. The fourth-order valence-electron chi connectivity index (χ4n) is 5.04. The van der Waals surface area contributed by atoms with Gasteiger partial charge in [-0.2, -0.15) is 5.26 Å². The van der Waals surface area contributed by atoms with Gasteiger partial charge in [0, 0.05) is 5.92 Å². The molecule has 0 saturated carbocycles. The maximum absolute atomic E-state index is 9.31. The van der Waals surface area contributed by atoms with Crippen molar-refractivity contribution >= 4 is 23.2 Å². The Morgan fingerprint density at radius 2 is 1.55 bits per heavy atom. The van der Waals surface area contributed by atoms with Crippen LogP contribution in [0.25, 0.3) is 11.1 Å². The second-order valence-electron chi connectivity index (χ2n) is 10.0. The lowest BCUT2D eigenvalue weighted by Gasteiger charge is -2.20. The van der Waals surface area contributed by atoms with Gasteiger partial charge in [-0.1, -0.05) is 71.7 Å². The Labute approximate surface area is 247 Å². The summed E-state index contributed by atoms with van der Waals surface area (Å²) in [7, 11) is 0. The predicted octanol–water partition coefficient (Wildman–Crippen LogP) is 8.39. The molecule has 0 amide bonds. The number of rotatable bonds is 11. The molecule has 0 bridgehead atoms. The summed E-state index contributed by atoms with van der Waals surface area (Å²) in [4.78, 5) is 0. The molecule has 1 atom stereocenters. The predicted molar refractivity (Wildman–Crippen MR) is 165 cm³/mol. The van der Waals surface area contributed by atoms with Crippen LogP contribution in [0.15, 0.2) is 72.8 Å². The smallest absolute Gasteiger partial charge is 0.156 e. The topological polar surface area (TPSA) is 68.3 Å². The molecule has 0 spiro atoms. The van der Waals surface area contributed by atoms with E-state index >= 15 is 0 Å². The summed E-state index contributed by atoms with van der Waals surface area (Å²) in [6, 6.07) is 26.8. The van der Waals surface area contributed by atoms with E-state index in [9.17, 15) is 5.26 Å². The Morgan fingerprint density at radius 1 is 0.850 bits per heavy atom. The third-order valence-electron chi connectivity index (χ3n) is 7.12. The summed E-state index contributed by atoms with van der Waals surface area (Å²) in [5, 5.41) is 10.3. The number of benzene rings is 4. The van der Waals surface area contributed by atoms with Crippen LogP contribution in [0.1, 0.15) is 39.3 Å². The van der Waals surface area contributed by atoms with Gasteiger partial charge in [0.2, 0.25) is 0 Å². The van der Waals surface area contributed by atoms with Crippen LogP contribution in [0, 0.1) is 32.1 Å². The highest BCUT2D eigenvalue weighted by atomic mass is 35.5. The standard InChI is InChI=1S/C34H34Cl2N2O2/c1-22-17-32(35)34(33(36)18-22)40-16-15-39-28-10-7-25(8-11-28)20-27(21-38)29-12-9-26(19-24(29)3)31-6-4-5-23(2)30(31)13-14-37/h4-12,17-19,27H,13,15-16,20-21,38H2,1-3H3. The zero-order valence-electron chi connectivity index (χ0n) is 23.1. The average Bonchev–Trinajstić information content (AvgIpc) is 2.93. The second-order valence-corrected chi connectivity index (χ2v) is 10.9. The lowest BCUT2D eigenvalue weighted by atomic mass is 9.86. The molecule has 2 N–H and O–H groups in total. The van der Waals surface area contributed by atoms with Crippen molar-refractivity contribution in [3.63, 3.8) is 0 Å². The highest BCUT2D eigenvalue weighted by Gasteiger charge is 2.16. The Kier molecular flexibility index (Phi) is 10.1. The molecule has 0 aliphatic carbocycles. The lowest BCUT2D eigenvalue weighted by Crippen LogP contribution is -2.16. The van der Waals surface area contributed by atoms with Crippen LogP contribution in [0.5, 0.6) is 11.5 Å². The monoisotopic (exact) mass is 572 g/mol. The number of hydrogen-bond acceptors (Lipinski definition) is 4. The molecule has 206 valence electrons. The summed E-state index contributed by atoms with van der Waals surface area (Å²) < 4.78 is 11.6. The number of nitrogens with two attached hydrogens (primary N) is 1. The Bertz CT molecular complexity index is 1490. The first-order valence-electron chi connectivity index (χ1n) is 13.4. The number of ether oxygens (including phenoxy) is 2. The largest absolute Gasteiger partial charge is 0.490 e. The molecular formula is C34H34Cl2N2O2. The Hall–Kier alpha value is -3.49.